The smallest absolute Gasteiger partial charge is 0.0620 e. The van der Waals surface area contributed by atoms with E-state index in [4.69, 9.17) is 0 Å². The molecule has 0 N–H and O–H groups in total. The van der Waals surface area contributed by atoms with E-state index in [1.54, 1.807) is 0 Å². The monoisotopic (exact) mass is 503 g/mol. The molecule has 0 aliphatic rings. The van der Waals surface area contributed by atoms with Gasteiger partial charge in [0.15, 0.2) is 0 Å². The highest BCUT2D eigenvalue weighted by molar-refractivity contribution is 7.95. The summed E-state index contributed by atoms with van der Waals surface area (Å²) in [5.74, 6) is 0. The highest BCUT2D eigenvalue weighted by Gasteiger charge is 2.45. The number of fused-ring (bicyclic) bond motifs is 5. The lowest BCUT2D eigenvalue weighted by Gasteiger charge is -2.28. The first-order chi connectivity index (χ1) is 18.8. The van der Waals surface area contributed by atoms with E-state index in [2.05, 4.69) is 158 Å². The summed E-state index contributed by atoms with van der Waals surface area (Å²) in [6, 6.07) is 58.4. The molecule has 38 heavy (non-hydrogen) atoms. The van der Waals surface area contributed by atoms with E-state index in [0.29, 0.717) is 0 Å². The molecule has 0 saturated heterocycles. The van der Waals surface area contributed by atoms with Gasteiger partial charge in [-0.2, -0.15) is 0 Å². The molecule has 0 saturated carbocycles. The molecule has 1 heteroatoms. The average Bonchev–Trinajstić information content (AvgIpc) is 3.01. The minimum absolute atomic E-state index is 0.977. The van der Waals surface area contributed by atoms with Crippen molar-refractivity contribution in [1.29, 1.82) is 0 Å². The fraction of sp³-hybridized carbons (Fsp3) is 0.0270. The van der Waals surface area contributed by atoms with Gasteiger partial charge in [0, 0.05) is 0 Å². The third-order valence-electron chi connectivity index (χ3n) is 7.82. The summed E-state index contributed by atoms with van der Waals surface area (Å²) in [7, 11) is -1.95. The molecule has 0 fully saturated rings. The molecule has 0 radical (unpaired) electrons. The molecule has 7 aromatic carbocycles. The lowest BCUT2D eigenvalue weighted by Crippen LogP contribution is -2.32. The maximum atomic E-state index is 2.45. The molecular formula is C37H28P+. The average molecular weight is 504 g/mol. The number of rotatable bonds is 5. The van der Waals surface area contributed by atoms with Crippen LogP contribution < -0.4 is 15.9 Å². The van der Waals surface area contributed by atoms with Crippen molar-refractivity contribution in [2.75, 3.05) is 0 Å². The van der Waals surface area contributed by atoms with Gasteiger partial charge in [-0.05, 0) is 80.3 Å². The van der Waals surface area contributed by atoms with Crippen molar-refractivity contribution in [1.82, 2.24) is 0 Å². The lowest BCUT2D eigenvalue weighted by molar-refractivity contribution is 1.41. The Morgan fingerprint density at radius 3 is 1.37 bits per heavy atom. The summed E-state index contributed by atoms with van der Waals surface area (Å²) in [4.78, 5) is 0. The Labute approximate surface area is 224 Å². The molecule has 0 amide bonds. The van der Waals surface area contributed by atoms with Crippen molar-refractivity contribution in [3.8, 4) is 0 Å². The highest BCUT2D eigenvalue weighted by atomic mass is 31.2. The van der Waals surface area contributed by atoms with Gasteiger partial charge < -0.3 is 0 Å². The van der Waals surface area contributed by atoms with E-state index >= 15 is 0 Å². The summed E-state index contributed by atoms with van der Waals surface area (Å²) < 4.78 is 0. The molecule has 7 aromatic rings. The summed E-state index contributed by atoms with van der Waals surface area (Å²) in [5.41, 5.74) is 1.38. The van der Waals surface area contributed by atoms with E-state index in [9.17, 15) is 0 Å². The molecule has 0 unspecified atom stereocenters. The Morgan fingerprint density at radius 1 is 0.342 bits per heavy atom. The van der Waals surface area contributed by atoms with E-state index in [-0.39, 0.29) is 0 Å². The Bertz CT molecular complexity index is 1780. The van der Waals surface area contributed by atoms with Crippen LogP contribution in [0.25, 0.3) is 32.3 Å². The van der Waals surface area contributed by atoms with Crippen LogP contribution in [0.1, 0.15) is 5.56 Å². The lowest BCUT2D eigenvalue weighted by atomic mass is 9.96. The van der Waals surface area contributed by atoms with Gasteiger partial charge in [-0.25, -0.2) is 0 Å². The SMILES string of the molecule is c1ccc([P+](Cc2ccc3ccc4c5ccccc5ccc4c3c2)(c2ccccc2)c2ccccc2)cc1. The van der Waals surface area contributed by atoms with Crippen LogP contribution in [0.4, 0.5) is 0 Å². The predicted molar refractivity (Wildman–Crippen MR) is 168 cm³/mol. The quantitative estimate of drug-likeness (QED) is 0.163. The van der Waals surface area contributed by atoms with Gasteiger partial charge in [-0.1, -0.05) is 115 Å². The summed E-state index contributed by atoms with van der Waals surface area (Å²) >= 11 is 0. The maximum Gasteiger partial charge on any atom is 0.116 e. The molecule has 0 aliphatic heterocycles. The van der Waals surface area contributed by atoms with Gasteiger partial charge in [-0.15, -0.1) is 0 Å². The van der Waals surface area contributed by atoms with Crippen LogP contribution in [-0.4, -0.2) is 0 Å². The molecule has 0 aromatic heterocycles. The van der Waals surface area contributed by atoms with E-state index in [0.717, 1.165) is 6.16 Å². The maximum absolute atomic E-state index is 2.45. The largest absolute Gasteiger partial charge is 0.116 e. The molecule has 0 aliphatic carbocycles. The van der Waals surface area contributed by atoms with Crippen molar-refractivity contribution in [2.24, 2.45) is 0 Å². The van der Waals surface area contributed by atoms with E-state index in [1.807, 2.05) is 0 Å². The minimum Gasteiger partial charge on any atom is -0.0620 e. The second-order valence-corrected chi connectivity index (χ2v) is 13.5. The Morgan fingerprint density at radius 2 is 0.789 bits per heavy atom. The van der Waals surface area contributed by atoms with Gasteiger partial charge in [-0.3, -0.25) is 0 Å². The Kier molecular flexibility index (Phi) is 5.77. The van der Waals surface area contributed by atoms with Crippen LogP contribution in [0, 0.1) is 0 Å². The van der Waals surface area contributed by atoms with Crippen molar-refractivity contribution >= 4 is 55.5 Å². The fourth-order valence-electron chi connectivity index (χ4n) is 6.01. The van der Waals surface area contributed by atoms with Crippen LogP contribution >= 0.6 is 7.26 Å². The van der Waals surface area contributed by atoms with Crippen molar-refractivity contribution in [2.45, 2.75) is 6.16 Å². The van der Waals surface area contributed by atoms with Crippen LogP contribution in [0.3, 0.4) is 0 Å². The first-order valence-corrected chi connectivity index (χ1v) is 15.2. The standard InChI is InChI=1S/C37H28P/c1-4-13-31(14-5-1)38(32-15-6-2-7-16-32,33-17-8-3-9-18-33)27-28-20-21-30-23-24-35-34-19-11-10-12-29(34)22-25-36(35)37(30)26-28/h1-26H,27H2/q+1. The zero-order chi connectivity index (χ0) is 25.4. The molecule has 180 valence electrons. The molecule has 0 spiro atoms. The first kappa shape index (κ1) is 22.9. The second-order valence-electron chi connectivity index (χ2n) is 9.98. The minimum atomic E-state index is -1.95. The van der Waals surface area contributed by atoms with Crippen LogP contribution in [0.15, 0.2) is 158 Å². The second kappa shape index (κ2) is 9.56. The number of hydrogen-bond donors (Lipinski definition) is 0. The van der Waals surface area contributed by atoms with Crippen LogP contribution in [0.2, 0.25) is 0 Å². The van der Waals surface area contributed by atoms with Gasteiger partial charge in [0.25, 0.3) is 0 Å². The summed E-state index contributed by atoms with van der Waals surface area (Å²) in [6.45, 7) is 0. The third kappa shape index (κ3) is 3.81. The van der Waals surface area contributed by atoms with Crippen molar-refractivity contribution < 1.29 is 0 Å². The van der Waals surface area contributed by atoms with Crippen molar-refractivity contribution in [3.05, 3.63) is 163 Å². The van der Waals surface area contributed by atoms with Gasteiger partial charge in [0.1, 0.15) is 23.2 Å². The number of hydrogen-bond acceptors (Lipinski definition) is 0. The topological polar surface area (TPSA) is 0 Å². The normalized spacial score (nSPS) is 11.8. The number of benzene rings is 7. The van der Waals surface area contributed by atoms with Gasteiger partial charge >= 0.3 is 0 Å². The molecule has 0 nitrogen and oxygen atoms in total. The third-order valence-corrected chi connectivity index (χ3v) is 12.2. The molecular weight excluding hydrogens is 475 g/mol. The van der Waals surface area contributed by atoms with E-state index in [1.165, 1.54) is 53.8 Å². The van der Waals surface area contributed by atoms with Crippen molar-refractivity contribution in [3.63, 3.8) is 0 Å². The van der Waals surface area contributed by atoms with Crippen LogP contribution in [0.5, 0.6) is 0 Å². The Hall–Kier alpha value is -4.25. The molecule has 0 atom stereocenters. The summed E-state index contributed by atoms with van der Waals surface area (Å²) in [6.07, 6.45) is 0.977. The van der Waals surface area contributed by atoms with Gasteiger partial charge in [0.05, 0.1) is 6.16 Å². The first-order valence-electron chi connectivity index (χ1n) is 13.2. The molecule has 0 heterocycles. The fourth-order valence-corrected chi connectivity index (χ4v) is 10.2. The summed E-state index contributed by atoms with van der Waals surface area (Å²) in [5, 5.41) is 12.1. The molecule has 7 rings (SSSR count). The highest BCUT2D eigenvalue weighted by Crippen LogP contribution is 2.58. The van der Waals surface area contributed by atoms with E-state index < -0.39 is 7.26 Å². The van der Waals surface area contributed by atoms with Gasteiger partial charge in [0.2, 0.25) is 0 Å². The molecule has 0 bridgehead atoms. The van der Waals surface area contributed by atoms with Crippen LogP contribution in [-0.2, 0) is 6.16 Å². The Balaban J connectivity index is 1.48. The predicted octanol–water partition coefficient (Wildman–Crippen LogP) is 8.64. The zero-order valence-corrected chi connectivity index (χ0v) is 22.1. The zero-order valence-electron chi connectivity index (χ0n) is 21.2.